The van der Waals surface area contributed by atoms with E-state index in [0.29, 0.717) is 16.8 Å². The van der Waals surface area contributed by atoms with Crippen molar-refractivity contribution in [1.29, 1.82) is 0 Å². The molecule has 0 saturated heterocycles. The molecular formula is C19H14ClFN2O4. The SMILES string of the molecule is C=C1c2ccccc2C(=O)N1CC(=O)OCC(=O)Nc1ccc(F)cc1Cl. The minimum absolute atomic E-state index is 0.0198. The maximum atomic E-state index is 13.0. The average molecular weight is 389 g/mol. The molecule has 0 aromatic heterocycles. The Labute approximate surface area is 159 Å². The smallest absolute Gasteiger partial charge is 0.326 e. The van der Waals surface area contributed by atoms with Gasteiger partial charge in [0.1, 0.15) is 12.4 Å². The Morgan fingerprint density at radius 3 is 2.56 bits per heavy atom. The Morgan fingerprint density at radius 2 is 1.89 bits per heavy atom. The van der Waals surface area contributed by atoms with E-state index >= 15 is 0 Å². The molecule has 27 heavy (non-hydrogen) atoms. The number of nitrogens with one attached hydrogen (secondary N) is 1. The minimum atomic E-state index is -0.766. The average Bonchev–Trinajstić information content (AvgIpc) is 2.88. The summed E-state index contributed by atoms with van der Waals surface area (Å²) in [4.78, 5) is 37.4. The number of hydrogen-bond acceptors (Lipinski definition) is 4. The number of ether oxygens (including phenoxy) is 1. The van der Waals surface area contributed by atoms with E-state index in [1.165, 1.54) is 11.0 Å². The van der Waals surface area contributed by atoms with Crippen molar-refractivity contribution in [2.24, 2.45) is 0 Å². The molecule has 0 fully saturated rings. The van der Waals surface area contributed by atoms with Crippen LogP contribution in [-0.4, -0.2) is 35.8 Å². The first-order valence-corrected chi connectivity index (χ1v) is 8.25. The van der Waals surface area contributed by atoms with Crippen LogP contribution in [0.5, 0.6) is 0 Å². The van der Waals surface area contributed by atoms with E-state index in [1.807, 2.05) is 0 Å². The number of benzene rings is 2. The Balaban J connectivity index is 1.54. The largest absolute Gasteiger partial charge is 0.454 e. The molecule has 0 spiro atoms. The summed E-state index contributed by atoms with van der Waals surface area (Å²) in [5.74, 6) is -2.31. The first kappa shape index (κ1) is 18.6. The number of halogens is 2. The summed E-state index contributed by atoms with van der Waals surface area (Å²) in [6.45, 7) is 2.88. The number of amides is 2. The minimum Gasteiger partial charge on any atom is -0.454 e. The van der Waals surface area contributed by atoms with Gasteiger partial charge in [0, 0.05) is 16.8 Å². The monoisotopic (exact) mass is 388 g/mol. The van der Waals surface area contributed by atoms with E-state index < -0.39 is 24.3 Å². The predicted octanol–water partition coefficient (Wildman–Crippen LogP) is 3.09. The second-order valence-electron chi connectivity index (χ2n) is 5.72. The van der Waals surface area contributed by atoms with Crippen molar-refractivity contribution in [1.82, 2.24) is 4.90 Å². The van der Waals surface area contributed by atoms with Crippen molar-refractivity contribution in [2.45, 2.75) is 0 Å². The molecule has 0 unspecified atom stereocenters. The van der Waals surface area contributed by atoms with Crippen LogP contribution in [0.3, 0.4) is 0 Å². The zero-order valence-electron chi connectivity index (χ0n) is 14.0. The van der Waals surface area contributed by atoms with Crippen molar-refractivity contribution in [3.63, 3.8) is 0 Å². The number of hydrogen-bond donors (Lipinski definition) is 1. The summed E-state index contributed by atoms with van der Waals surface area (Å²) in [5, 5.41) is 2.43. The summed E-state index contributed by atoms with van der Waals surface area (Å²) < 4.78 is 17.9. The van der Waals surface area contributed by atoms with Crippen LogP contribution in [0.15, 0.2) is 49.0 Å². The number of carbonyl (C=O) groups excluding carboxylic acids is 3. The second-order valence-corrected chi connectivity index (χ2v) is 6.12. The third-order valence-corrected chi connectivity index (χ3v) is 4.21. The van der Waals surface area contributed by atoms with Crippen LogP contribution in [0.4, 0.5) is 10.1 Å². The van der Waals surface area contributed by atoms with Crippen LogP contribution in [0, 0.1) is 5.82 Å². The fourth-order valence-electron chi connectivity index (χ4n) is 2.60. The van der Waals surface area contributed by atoms with E-state index in [2.05, 4.69) is 11.9 Å². The normalized spacial score (nSPS) is 12.7. The van der Waals surface area contributed by atoms with Gasteiger partial charge in [0.15, 0.2) is 6.61 Å². The predicted molar refractivity (Wildman–Crippen MR) is 97.5 cm³/mol. The molecular weight excluding hydrogens is 375 g/mol. The molecule has 3 rings (SSSR count). The molecule has 138 valence electrons. The number of rotatable bonds is 5. The van der Waals surface area contributed by atoms with Gasteiger partial charge in [-0.15, -0.1) is 0 Å². The summed E-state index contributed by atoms with van der Waals surface area (Å²) in [6.07, 6.45) is 0. The molecule has 0 bridgehead atoms. The van der Waals surface area contributed by atoms with Crippen LogP contribution in [0.1, 0.15) is 15.9 Å². The van der Waals surface area contributed by atoms with E-state index in [1.54, 1.807) is 24.3 Å². The summed E-state index contributed by atoms with van der Waals surface area (Å²) in [6, 6.07) is 10.3. The molecule has 0 atom stereocenters. The molecule has 1 heterocycles. The van der Waals surface area contributed by atoms with Crippen LogP contribution >= 0.6 is 11.6 Å². The third-order valence-electron chi connectivity index (χ3n) is 3.90. The Morgan fingerprint density at radius 1 is 1.19 bits per heavy atom. The summed E-state index contributed by atoms with van der Waals surface area (Å²) in [5.41, 5.74) is 1.70. The molecule has 2 amide bonds. The lowest BCUT2D eigenvalue weighted by Gasteiger charge is -2.16. The van der Waals surface area contributed by atoms with Crippen LogP contribution in [0.2, 0.25) is 5.02 Å². The van der Waals surface area contributed by atoms with Gasteiger partial charge in [-0.3, -0.25) is 19.3 Å². The van der Waals surface area contributed by atoms with Crippen molar-refractivity contribution in [3.8, 4) is 0 Å². The first-order chi connectivity index (χ1) is 12.9. The number of anilines is 1. The lowest BCUT2D eigenvalue weighted by atomic mass is 10.1. The van der Waals surface area contributed by atoms with Gasteiger partial charge in [0.05, 0.1) is 10.7 Å². The molecule has 8 heteroatoms. The highest BCUT2D eigenvalue weighted by molar-refractivity contribution is 6.33. The van der Waals surface area contributed by atoms with E-state index in [0.717, 1.165) is 12.1 Å². The van der Waals surface area contributed by atoms with Crippen LogP contribution in [-0.2, 0) is 14.3 Å². The Kier molecular flexibility index (Phi) is 5.23. The maximum Gasteiger partial charge on any atom is 0.326 e. The van der Waals surface area contributed by atoms with E-state index in [9.17, 15) is 18.8 Å². The van der Waals surface area contributed by atoms with E-state index in [-0.39, 0.29) is 23.2 Å². The Hall–Kier alpha value is -3.19. The lowest BCUT2D eigenvalue weighted by Crippen LogP contribution is -2.32. The van der Waals surface area contributed by atoms with Gasteiger partial charge in [-0.05, 0) is 24.3 Å². The van der Waals surface area contributed by atoms with Crippen molar-refractivity contribution >= 4 is 40.8 Å². The van der Waals surface area contributed by atoms with Gasteiger partial charge in [-0.1, -0.05) is 36.4 Å². The van der Waals surface area contributed by atoms with Gasteiger partial charge in [0.2, 0.25) is 0 Å². The molecule has 1 aliphatic rings. The summed E-state index contributed by atoms with van der Waals surface area (Å²) >= 11 is 5.81. The molecule has 1 N–H and O–H groups in total. The number of esters is 1. The van der Waals surface area contributed by atoms with Gasteiger partial charge in [-0.2, -0.15) is 0 Å². The quantitative estimate of drug-likeness (QED) is 0.799. The molecule has 0 aliphatic carbocycles. The molecule has 0 radical (unpaired) electrons. The second kappa shape index (κ2) is 7.59. The standard InChI is InChI=1S/C19H14ClFN2O4/c1-11-13-4-2-3-5-14(13)19(26)23(11)9-18(25)27-10-17(24)22-16-7-6-12(21)8-15(16)20/h2-8H,1,9-10H2,(H,22,24). The molecule has 2 aromatic carbocycles. The van der Waals surface area contributed by atoms with E-state index in [4.69, 9.17) is 16.3 Å². The number of fused-ring (bicyclic) bond motifs is 1. The van der Waals surface area contributed by atoms with Crippen molar-refractivity contribution < 1.29 is 23.5 Å². The van der Waals surface area contributed by atoms with Crippen LogP contribution < -0.4 is 5.32 Å². The maximum absolute atomic E-state index is 13.0. The number of carbonyl (C=O) groups is 3. The van der Waals surface area contributed by atoms with Gasteiger partial charge < -0.3 is 10.1 Å². The number of nitrogens with zero attached hydrogens (tertiary/aromatic N) is 1. The molecule has 2 aromatic rings. The molecule has 6 nitrogen and oxygen atoms in total. The van der Waals surface area contributed by atoms with Gasteiger partial charge >= 0.3 is 5.97 Å². The topological polar surface area (TPSA) is 75.7 Å². The Bertz CT molecular complexity index is 925. The first-order valence-electron chi connectivity index (χ1n) is 7.87. The fraction of sp³-hybridized carbons (Fsp3) is 0.105. The summed E-state index contributed by atoms with van der Waals surface area (Å²) in [7, 11) is 0. The lowest BCUT2D eigenvalue weighted by molar-refractivity contribution is -0.147. The van der Waals surface area contributed by atoms with Crippen molar-refractivity contribution in [2.75, 3.05) is 18.5 Å². The molecule has 0 saturated carbocycles. The van der Waals surface area contributed by atoms with Crippen molar-refractivity contribution in [3.05, 3.63) is 71.0 Å². The highest BCUT2D eigenvalue weighted by atomic mass is 35.5. The molecule has 1 aliphatic heterocycles. The zero-order chi connectivity index (χ0) is 19.6. The highest BCUT2D eigenvalue weighted by Gasteiger charge is 2.32. The van der Waals surface area contributed by atoms with Gasteiger partial charge in [0.25, 0.3) is 11.8 Å². The third kappa shape index (κ3) is 3.98. The fourth-order valence-corrected chi connectivity index (χ4v) is 2.81. The van der Waals surface area contributed by atoms with Gasteiger partial charge in [-0.25, -0.2) is 4.39 Å². The zero-order valence-corrected chi connectivity index (χ0v) is 14.8. The highest BCUT2D eigenvalue weighted by Crippen LogP contribution is 2.30. The van der Waals surface area contributed by atoms with Crippen LogP contribution in [0.25, 0.3) is 5.70 Å².